The van der Waals surface area contributed by atoms with Crippen molar-refractivity contribution < 1.29 is 18.7 Å². The maximum atomic E-state index is 13.1. The number of halogens is 1. The van der Waals surface area contributed by atoms with Crippen molar-refractivity contribution in [2.75, 3.05) is 14.2 Å². The number of nitrogens with one attached hydrogen (secondary N) is 1. The fourth-order valence-corrected chi connectivity index (χ4v) is 2.54. The van der Waals surface area contributed by atoms with E-state index in [1.165, 1.54) is 19.2 Å². The minimum atomic E-state index is -0.688. The van der Waals surface area contributed by atoms with Crippen LogP contribution in [0.1, 0.15) is 19.3 Å². The Balaban J connectivity index is 2.04. The lowest BCUT2D eigenvalue weighted by Crippen LogP contribution is -2.49. The monoisotopic (exact) mass is 267 g/mol. The van der Waals surface area contributed by atoms with Gasteiger partial charge >= 0.3 is 5.97 Å². The van der Waals surface area contributed by atoms with Gasteiger partial charge in [0.25, 0.3) is 0 Å². The molecule has 0 amide bonds. The van der Waals surface area contributed by atoms with Crippen LogP contribution in [0.15, 0.2) is 24.3 Å². The lowest BCUT2D eigenvalue weighted by molar-refractivity contribution is -0.148. The van der Waals surface area contributed by atoms with Crippen molar-refractivity contribution in [2.24, 2.45) is 0 Å². The van der Waals surface area contributed by atoms with Gasteiger partial charge in [0, 0.05) is 12.5 Å². The smallest absolute Gasteiger partial charge is 0.326 e. The molecule has 0 aliphatic heterocycles. The molecule has 2 unspecified atom stereocenters. The molecule has 1 N–H and O–H groups in total. The van der Waals surface area contributed by atoms with Gasteiger partial charge in [0.1, 0.15) is 23.2 Å². The molecule has 0 bridgehead atoms. The van der Waals surface area contributed by atoms with E-state index in [-0.39, 0.29) is 17.9 Å². The van der Waals surface area contributed by atoms with Gasteiger partial charge in [-0.25, -0.2) is 4.39 Å². The van der Waals surface area contributed by atoms with Crippen LogP contribution >= 0.6 is 0 Å². The SMILES string of the molecule is CNC1(C(=O)OC)CCC(Oc2cccc(F)c2)C1. The zero-order chi connectivity index (χ0) is 13.9. The second-order valence-electron chi connectivity index (χ2n) is 4.76. The highest BCUT2D eigenvalue weighted by molar-refractivity contribution is 5.81. The van der Waals surface area contributed by atoms with E-state index in [4.69, 9.17) is 9.47 Å². The molecule has 0 spiro atoms. The van der Waals surface area contributed by atoms with Crippen LogP contribution in [0.3, 0.4) is 0 Å². The molecule has 1 aliphatic carbocycles. The lowest BCUT2D eigenvalue weighted by Gasteiger charge is -2.25. The summed E-state index contributed by atoms with van der Waals surface area (Å²) >= 11 is 0. The van der Waals surface area contributed by atoms with E-state index in [1.54, 1.807) is 19.2 Å². The molecule has 1 aromatic rings. The van der Waals surface area contributed by atoms with Gasteiger partial charge in [0.15, 0.2) is 0 Å². The van der Waals surface area contributed by atoms with Gasteiger partial charge in [-0.3, -0.25) is 4.79 Å². The number of esters is 1. The first kappa shape index (κ1) is 13.8. The average molecular weight is 267 g/mol. The Morgan fingerprint density at radius 2 is 2.32 bits per heavy atom. The van der Waals surface area contributed by atoms with Crippen LogP contribution < -0.4 is 10.1 Å². The first-order valence-corrected chi connectivity index (χ1v) is 6.29. The van der Waals surface area contributed by atoms with E-state index in [9.17, 15) is 9.18 Å². The van der Waals surface area contributed by atoms with E-state index in [1.807, 2.05) is 0 Å². The lowest BCUT2D eigenvalue weighted by atomic mass is 9.98. The Morgan fingerprint density at radius 1 is 1.53 bits per heavy atom. The molecule has 0 heterocycles. The molecule has 0 radical (unpaired) electrons. The quantitative estimate of drug-likeness (QED) is 0.846. The predicted octanol–water partition coefficient (Wildman–Crippen LogP) is 1.89. The number of carbonyl (C=O) groups is 1. The number of methoxy groups -OCH3 is 1. The van der Waals surface area contributed by atoms with Crippen molar-refractivity contribution in [1.29, 1.82) is 0 Å². The number of carbonyl (C=O) groups excluding carboxylic acids is 1. The van der Waals surface area contributed by atoms with Crippen LogP contribution in [0.2, 0.25) is 0 Å². The minimum Gasteiger partial charge on any atom is -0.490 e. The Morgan fingerprint density at radius 3 is 2.95 bits per heavy atom. The number of hydrogen-bond acceptors (Lipinski definition) is 4. The third kappa shape index (κ3) is 2.87. The van der Waals surface area contributed by atoms with Crippen molar-refractivity contribution in [1.82, 2.24) is 5.32 Å². The van der Waals surface area contributed by atoms with E-state index in [0.29, 0.717) is 18.6 Å². The molecule has 19 heavy (non-hydrogen) atoms. The summed E-state index contributed by atoms with van der Waals surface area (Å²) < 4.78 is 23.6. The minimum absolute atomic E-state index is 0.117. The molecule has 104 valence electrons. The standard InChI is InChI=1S/C14H18FNO3/c1-16-14(13(17)18-2)7-6-12(9-14)19-11-5-3-4-10(15)8-11/h3-5,8,12,16H,6-7,9H2,1-2H3. The van der Waals surface area contributed by atoms with Crippen LogP contribution in [0.4, 0.5) is 4.39 Å². The second kappa shape index (κ2) is 5.57. The number of rotatable bonds is 4. The number of benzene rings is 1. The summed E-state index contributed by atoms with van der Waals surface area (Å²) in [7, 11) is 3.11. The summed E-state index contributed by atoms with van der Waals surface area (Å²) in [5.74, 6) is -0.120. The third-order valence-electron chi connectivity index (χ3n) is 3.62. The maximum Gasteiger partial charge on any atom is 0.326 e. The normalized spacial score (nSPS) is 26.2. The van der Waals surface area contributed by atoms with Crippen molar-refractivity contribution in [3.05, 3.63) is 30.1 Å². The van der Waals surface area contributed by atoms with E-state index < -0.39 is 5.54 Å². The average Bonchev–Trinajstić information content (AvgIpc) is 2.82. The zero-order valence-electron chi connectivity index (χ0n) is 11.1. The number of ether oxygens (including phenoxy) is 2. The first-order chi connectivity index (χ1) is 9.09. The van der Waals surface area contributed by atoms with Crippen LogP contribution in [0, 0.1) is 5.82 Å². The Kier molecular flexibility index (Phi) is 4.04. The maximum absolute atomic E-state index is 13.1. The molecular weight excluding hydrogens is 249 g/mol. The summed E-state index contributed by atoms with van der Waals surface area (Å²) in [6.07, 6.45) is 1.78. The van der Waals surface area contributed by atoms with Gasteiger partial charge in [0.05, 0.1) is 7.11 Å². The largest absolute Gasteiger partial charge is 0.490 e. The highest BCUT2D eigenvalue weighted by atomic mass is 19.1. The topological polar surface area (TPSA) is 47.6 Å². The third-order valence-corrected chi connectivity index (χ3v) is 3.62. The molecule has 1 fully saturated rings. The van der Waals surface area contributed by atoms with E-state index in [2.05, 4.69) is 5.32 Å². The summed E-state index contributed by atoms with van der Waals surface area (Å²) in [5.41, 5.74) is -0.688. The van der Waals surface area contributed by atoms with E-state index >= 15 is 0 Å². The molecule has 1 aromatic carbocycles. The summed E-state index contributed by atoms with van der Waals surface area (Å²) in [6, 6.07) is 6.03. The fourth-order valence-electron chi connectivity index (χ4n) is 2.54. The molecule has 2 rings (SSSR count). The molecule has 2 atom stereocenters. The van der Waals surface area contributed by atoms with Gasteiger partial charge < -0.3 is 14.8 Å². The second-order valence-corrected chi connectivity index (χ2v) is 4.76. The molecule has 1 aliphatic rings. The van der Waals surface area contributed by atoms with Crippen molar-refractivity contribution in [3.63, 3.8) is 0 Å². The van der Waals surface area contributed by atoms with Gasteiger partial charge in [-0.1, -0.05) is 6.07 Å². The van der Waals surface area contributed by atoms with Crippen LogP contribution in [0.5, 0.6) is 5.75 Å². The zero-order valence-corrected chi connectivity index (χ0v) is 11.1. The first-order valence-electron chi connectivity index (χ1n) is 6.29. The van der Waals surface area contributed by atoms with Gasteiger partial charge in [0.2, 0.25) is 0 Å². The summed E-state index contributed by atoms with van der Waals surface area (Å²) in [4.78, 5) is 11.8. The summed E-state index contributed by atoms with van der Waals surface area (Å²) in [5, 5.41) is 3.03. The molecule has 4 nitrogen and oxygen atoms in total. The van der Waals surface area contributed by atoms with Crippen LogP contribution in [0.25, 0.3) is 0 Å². The van der Waals surface area contributed by atoms with Crippen molar-refractivity contribution in [2.45, 2.75) is 30.9 Å². The highest BCUT2D eigenvalue weighted by Gasteiger charge is 2.46. The highest BCUT2D eigenvalue weighted by Crippen LogP contribution is 2.33. The van der Waals surface area contributed by atoms with Gasteiger partial charge in [-0.05, 0) is 32.0 Å². The van der Waals surface area contributed by atoms with Gasteiger partial charge in [-0.2, -0.15) is 0 Å². The molecule has 0 aromatic heterocycles. The Hall–Kier alpha value is -1.62. The fraction of sp³-hybridized carbons (Fsp3) is 0.500. The molecule has 5 heteroatoms. The number of hydrogen-bond donors (Lipinski definition) is 1. The summed E-state index contributed by atoms with van der Waals surface area (Å²) in [6.45, 7) is 0. The Bertz CT molecular complexity index is 466. The van der Waals surface area contributed by atoms with E-state index in [0.717, 1.165) is 6.42 Å². The molecule has 0 saturated heterocycles. The molecular formula is C14H18FNO3. The number of likely N-dealkylation sites (N-methyl/N-ethyl adjacent to an activating group) is 1. The van der Waals surface area contributed by atoms with Gasteiger partial charge in [-0.15, -0.1) is 0 Å². The molecule has 1 saturated carbocycles. The van der Waals surface area contributed by atoms with Crippen molar-refractivity contribution in [3.8, 4) is 5.75 Å². The predicted molar refractivity (Wildman–Crippen MR) is 68.5 cm³/mol. The van der Waals surface area contributed by atoms with Crippen molar-refractivity contribution >= 4 is 5.97 Å². The van der Waals surface area contributed by atoms with Crippen LogP contribution in [-0.2, 0) is 9.53 Å². The van der Waals surface area contributed by atoms with Crippen LogP contribution in [-0.4, -0.2) is 31.8 Å². The Labute approximate surface area is 111 Å².